The van der Waals surface area contributed by atoms with Gasteiger partial charge in [0.25, 0.3) is 0 Å². The molecule has 1 atom stereocenters. The van der Waals surface area contributed by atoms with Crippen molar-refractivity contribution >= 4 is 0 Å². The summed E-state index contributed by atoms with van der Waals surface area (Å²) in [6.07, 6.45) is 0.855. The number of hydrogen-bond acceptors (Lipinski definition) is 2. The largest absolute Gasteiger partial charge is 0.489 e. The number of azide groups is 1. The lowest BCUT2D eigenvalue weighted by Crippen LogP contribution is -2.16. The summed E-state index contributed by atoms with van der Waals surface area (Å²) in [5.74, 6) is 0.971. The van der Waals surface area contributed by atoms with Crippen LogP contribution in [0.5, 0.6) is 5.75 Å². The first-order valence-corrected chi connectivity index (χ1v) is 4.98. The van der Waals surface area contributed by atoms with Crippen molar-refractivity contribution < 1.29 is 4.74 Å². The topological polar surface area (TPSA) is 58.0 Å². The van der Waals surface area contributed by atoms with E-state index in [-0.39, 0.29) is 6.10 Å². The van der Waals surface area contributed by atoms with Crippen LogP contribution < -0.4 is 4.74 Å². The van der Waals surface area contributed by atoms with Gasteiger partial charge in [0.1, 0.15) is 11.9 Å². The van der Waals surface area contributed by atoms with E-state index in [1.54, 1.807) is 0 Å². The highest BCUT2D eigenvalue weighted by molar-refractivity contribution is 5.46. The summed E-state index contributed by atoms with van der Waals surface area (Å²) in [6.45, 7) is 4.53. The average Bonchev–Trinajstić information content (AvgIpc) is 2.57. The van der Waals surface area contributed by atoms with Crippen LogP contribution in [0.2, 0.25) is 0 Å². The Bertz CT molecular complexity index is 436. The number of nitrogens with zero attached hydrogens (tertiary/aromatic N) is 3. The number of aryl methyl sites for hydroxylation is 2. The van der Waals surface area contributed by atoms with Gasteiger partial charge in [-0.05, 0) is 30.5 Å². The number of rotatable bonds is 2. The molecule has 0 saturated heterocycles. The molecule has 0 N–H and O–H groups in total. The molecule has 1 heterocycles. The highest BCUT2D eigenvalue weighted by Gasteiger charge is 2.23. The molecule has 0 fully saturated rings. The molecule has 0 radical (unpaired) electrons. The number of hydrogen-bond donors (Lipinski definition) is 0. The van der Waals surface area contributed by atoms with Gasteiger partial charge in [0.05, 0.1) is 6.54 Å². The van der Waals surface area contributed by atoms with Crippen molar-refractivity contribution in [2.75, 3.05) is 6.54 Å². The van der Waals surface area contributed by atoms with E-state index in [4.69, 9.17) is 10.3 Å². The van der Waals surface area contributed by atoms with E-state index in [1.807, 2.05) is 6.92 Å². The van der Waals surface area contributed by atoms with Crippen molar-refractivity contribution in [2.45, 2.75) is 26.4 Å². The second-order valence-corrected chi connectivity index (χ2v) is 3.93. The second-order valence-electron chi connectivity index (χ2n) is 3.93. The predicted octanol–water partition coefficient (Wildman–Crippen LogP) is 2.92. The molecule has 4 heteroatoms. The zero-order valence-corrected chi connectivity index (χ0v) is 8.90. The monoisotopic (exact) mass is 203 g/mol. The molecule has 1 aromatic rings. The van der Waals surface area contributed by atoms with E-state index in [1.165, 1.54) is 11.1 Å². The maximum absolute atomic E-state index is 8.25. The van der Waals surface area contributed by atoms with E-state index in [0.717, 1.165) is 17.7 Å². The minimum atomic E-state index is 0.0106. The van der Waals surface area contributed by atoms with Crippen LogP contribution in [0.3, 0.4) is 0 Å². The number of fused-ring (bicyclic) bond motifs is 1. The molecule has 0 aliphatic carbocycles. The zero-order valence-electron chi connectivity index (χ0n) is 8.90. The molecule has 0 amide bonds. The van der Waals surface area contributed by atoms with Crippen LogP contribution >= 0.6 is 0 Å². The minimum absolute atomic E-state index is 0.0106. The predicted molar refractivity (Wildman–Crippen MR) is 58.0 cm³/mol. The van der Waals surface area contributed by atoms with Crippen molar-refractivity contribution in [2.24, 2.45) is 5.11 Å². The average molecular weight is 203 g/mol. The third kappa shape index (κ3) is 1.90. The van der Waals surface area contributed by atoms with Crippen LogP contribution in [0, 0.1) is 13.8 Å². The first-order chi connectivity index (χ1) is 7.20. The molecule has 0 bridgehead atoms. The van der Waals surface area contributed by atoms with E-state index in [0.29, 0.717) is 6.54 Å². The summed E-state index contributed by atoms with van der Waals surface area (Å²) in [5.41, 5.74) is 11.9. The van der Waals surface area contributed by atoms with E-state index in [2.05, 4.69) is 29.1 Å². The van der Waals surface area contributed by atoms with Crippen LogP contribution in [0.4, 0.5) is 0 Å². The zero-order chi connectivity index (χ0) is 10.8. The van der Waals surface area contributed by atoms with Crippen molar-refractivity contribution in [3.05, 3.63) is 39.3 Å². The molecule has 4 nitrogen and oxygen atoms in total. The van der Waals surface area contributed by atoms with E-state index >= 15 is 0 Å². The lowest BCUT2D eigenvalue weighted by molar-refractivity contribution is 0.240. The van der Waals surface area contributed by atoms with E-state index < -0.39 is 0 Å². The van der Waals surface area contributed by atoms with Gasteiger partial charge >= 0.3 is 0 Å². The summed E-state index contributed by atoms with van der Waals surface area (Å²) in [5, 5.41) is 3.54. The Morgan fingerprint density at radius 2 is 2.33 bits per heavy atom. The van der Waals surface area contributed by atoms with Gasteiger partial charge in [-0.3, -0.25) is 0 Å². The number of benzene rings is 1. The Labute approximate surface area is 88.5 Å². The van der Waals surface area contributed by atoms with Gasteiger partial charge in [-0.1, -0.05) is 22.8 Å². The highest BCUT2D eigenvalue weighted by atomic mass is 16.5. The van der Waals surface area contributed by atoms with Gasteiger partial charge in [0, 0.05) is 11.3 Å². The molecular weight excluding hydrogens is 190 g/mol. The molecule has 1 aromatic carbocycles. The molecule has 0 aromatic heterocycles. The summed E-state index contributed by atoms with van der Waals surface area (Å²) in [4.78, 5) is 2.75. The van der Waals surface area contributed by atoms with Crippen molar-refractivity contribution in [3.63, 3.8) is 0 Å². The Kier molecular flexibility index (Phi) is 2.52. The fraction of sp³-hybridized carbons (Fsp3) is 0.455. The lowest BCUT2D eigenvalue weighted by atomic mass is 10.0. The first-order valence-electron chi connectivity index (χ1n) is 4.98. The highest BCUT2D eigenvalue weighted by Crippen LogP contribution is 2.33. The van der Waals surface area contributed by atoms with Crippen molar-refractivity contribution in [3.8, 4) is 5.75 Å². The summed E-state index contributed by atoms with van der Waals surface area (Å²) in [6, 6.07) is 4.24. The van der Waals surface area contributed by atoms with Crippen molar-refractivity contribution in [1.82, 2.24) is 0 Å². The SMILES string of the molecule is Cc1cc(C)c2c(c1)C[C@H](CN=[N+]=[N-])O2. The molecular formula is C11H13N3O. The maximum Gasteiger partial charge on any atom is 0.125 e. The maximum atomic E-state index is 8.25. The Morgan fingerprint density at radius 3 is 3.07 bits per heavy atom. The smallest absolute Gasteiger partial charge is 0.125 e. The lowest BCUT2D eigenvalue weighted by Gasteiger charge is -2.08. The summed E-state index contributed by atoms with van der Waals surface area (Å²) >= 11 is 0. The third-order valence-electron chi connectivity index (χ3n) is 2.58. The molecule has 15 heavy (non-hydrogen) atoms. The standard InChI is InChI=1S/C11H13N3O/c1-7-3-8(2)11-9(4-7)5-10(15-11)6-13-14-12/h3-4,10H,5-6H2,1-2H3/t10-/m1/s1. The normalized spacial score (nSPS) is 17.9. The minimum Gasteiger partial charge on any atom is -0.489 e. The van der Waals surface area contributed by atoms with Gasteiger partial charge in [0.15, 0.2) is 0 Å². The molecule has 0 saturated carbocycles. The fourth-order valence-corrected chi connectivity index (χ4v) is 2.05. The van der Waals surface area contributed by atoms with Crippen LogP contribution in [0.1, 0.15) is 16.7 Å². The summed E-state index contributed by atoms with van der Waals surface area (Å²) < 4.78 is 5.73. The van der Waals surface area contributed by atoms with Crippen LogP contribution in [-0.4, -0.2) is 12.6 Å². The van der Waals surface area contributed by atoms with Crippen LogP contribution in [-0.2, 0) is 6.42 Å². The Morgan fingerprint density at radius 1 is 1.53 bits per heavy atom. The molecule has 2 rings (SSSR count). The van der Waals surface area contributed by atoms with Gasteiger partial charge in [-0.25, -0.2) is 0 Å². The van der Waals surface area contributed by atoms with Crippen molar-refractivity contribution in [1.29, 1.82) is 0 Å². The van der Waals surface area contributed by atoms with Gasteiger partial charge in [-0.2, -0.15) is 0 Å². The molecule has 78 valence electrons. The van der Waals surface area contributed by atoms with Gasteiger partial charge in [0.2, 0.25) is 0 Å². The van der Waals surface area contributed by atoms with Crippen LogP contribution in [0.25, 0.3) is 10.4 Å². The fourth-order valence-electron chi connectivity index (χ4n) is 2.05. The quantitative estimate of drug-likeness (QED) is 0.414. The molecule has 1 aliphatic heterocycles. The Hall–Kier alpha value is -1.67. The number of ether oxygens (including phenoxy) is 1. The Balaban J connectivity index is 2.23. The molecule has 1 aliphatic rings. The second kappa shape index (κ2) is 3.83. The molecule has 0 spiro atoms. The van der Waals surface area contributed by atoms with E-state index in [9.17, 15) is 0 Å². The third-order valence-corrected chi connectivity index (χ3v) is 2.58. The van der Waals surface area contributed by atoms with Gasteiger partial charge < -0.3 is 4.74 Å². The summed E-state index contributed by atoms with van der Waals surface area (Å²) in [7, 11) is 0. The van der Waals surface area contributed by atoms with Crippen LogP contribution in [0.15, 0.2) is 17.2 Å². The first kappa shape index (κ1) is 9.87. The van der Waals surface area contributed by atoms with Gasteiger partial charge in [-0.15, -0.1) is 0 Å². The molecule has 0 unspecified atom stereocenters.